The fourth-order valence-electron chi connectivity index (χ4n) is 4.44. The van der Waals surface area contributed by atoms with E-state index in [0.717, 1.165) is 30.8 Å². The van der Waals surface area contributed by atoms with Crippen LogP contribution in [0, 0.1) is 13.8 Å². The van der Waals surface area contributed by atoms with Crippen LogP contribution < -0.4 is 10.0 Å². The number of aryl methyl sites for hydroxylation is 2. The molecule has 0 radical (unpaired) electrons. The number of nitrogens with one attached hydrogen (secondary N) is 2. The molecule has 1 aliphatic rings. The predicted molar refractivity (Wildman–Crippen MR) is 140 cm³/mol. The topological polar surface area (TPSA) is 78.5 Å². The molecule has 0 saturated carbocycles. The van der Waals surface area contributed by atoms with Crippen molar-refractivity contribution in [2.45, 2.75) is 51.1 Å². The molecule has 0 bridgehead atoms. The first kappa shape index (κ1) is 24.9. The second-order valence-electron chi connectivity index (χ2n) is 9.19. The van der Waals surface area contributed by atoms with E-state index in [9.17, 15) is 13.2 Å². The van der Waals surface area contributed by atoms with Gasteiger partial charge in [-0.1, -0.05) is 55.0 Å². The van der Waals surface area contributed by atoms with E-state index < -0.39 is 10.0 Å². The summed E-state index contributed by atoms with van der Waals surface area (Å²) < 4.78 is 28.9. The van der Waals surface area contributed by atoms with Crippen molar-refractivity contribution in [2.75, 3.05) is 17.8 Å². The molecule has 3 aromatic carbocycles. The third-order valence-electron chi connectivity index (χ3n) is 6.53. The molecule has 0 atom stereocenters. The van der Waals surface area contributed by atoms with Gasteiger partial charge in [-0.05, 0) is 80.2 Å². The molecule has 1 heterocycles. The number of anilines is 1. The predicted octanol–water partition coefficient (Wildman–Crippen LogP) is 5.02. The molecule has 6 nitrogen and oxygen atoms in total. The van der Waals surface area contributed by atoms with E-state index in [-0.39, 0.29) is 10.8 Å². The number of likely N-dealkylation sites (tertiary alicyclic amines) is 1. The lowest BCUT2D eigenvalue weighted by atomic mass is 10.0. The van der Waals surface area contributed by atoms with Gasteiger partial charge < -0.3 is 5.32 Å². The highest BCUT2D eigenvalue weighted by Crippen LogP contribution is 2.23. The van der Waals surface area contributed by atoms with Gasteiger partial charge in [-0.25, -0.2) is 8.42 Å². The van der Waals surface area contributed by atoms with Crippen molar-refractivity contribution in [3.05, 3.63) is 94.5 Å². The molecule has 184 valence electrons. The minimum absolute atomic E-state index is 0.0962. The Bertz CT molecular complexity index is 1300. The van der Waals surface area contributed by atoms with Crippen LogP contribution in [0.1, 0.15) is 51.9 Å². The maximum absolute atomic E-state index is 13.1. The molecule has 0 aliphatic carbocycles. The number of amides is 1. The summed E-state index contributed by atoms with van der Waals surface area (Å²) in [6.07, 6.45) is 3.76. The number of benzene rings is 3. The van der Waals surface area contributed by atoms with Crippen molar-refractivity contribution in [1.82, 2.24) is 10.2 Å². The van der Waals surface area contributed by atoms with Gasteiger partial charge in [0.1, 0.15) is 0 Å². The molecule has 1 aliphatic heterocycles. The van der Waals surface area contributed by atoms with Gasteiger partial charge in [0.25, 0.3) is 15.9 Å². The number of hydrogen-bond donors (Lipinski definition) is 2. The molecule has 2 N–H and O–H groups in total. The minimum atomic E-state index is -3.85. The van der Waals surface area contributed by atoms with Crippen LogP contribution in [-0.4, -0.2) is 32.3 Å². The lowest BCUT2D eigenvalue weighted by Gasteiger charge is -2.27. The molecule has 35 heavy (non-hydrogen) atoms. The molecular weight excluding hydrogens is 458 g/mol. The molecule has 1 amide bonds. The van der Waals surface area contributed by atoms with Gasteiger partial charge in [0.05, 0.1) is 10.6 Å². The van der Waals surface area contributed by atoms with Crippen LogP contribution in [0.15, 0.2) is 71.6 Å². The van der Waals surface area contributed by atoms with Crippen molar-refractivity contribution in [3.63, 3.8) is 0 Å². The highest BCUT2D eigenvalue weighted by Gasteiger charge is 2.20. The highest BCUT2D eigenvalue weighted by molar-refractivity contribution is 7.92. The Labute approximate surface area is 208 Å². The van der Waals surface area contributed by atoms with Crippen molar-refractivity contribution >= 4 is 21.6 Å². The molecular formula is C28H33N3O3S. The zero-order valence-electron chi connectivity index (χ0n) is 20.4. The Morgan fingerprint density at radius 3 is 2.29 bits per heavy atom. The largest absolute Gasteiger partial charge is 0.348 e. The van der Waals surface area contributed by atoms with Gasteiger partial charge >= 0.3 is 0 Å². The Kier molecular flexibility index (Phi) is 7.88. The van der Waals surface area contributed by atoms with Crippen LogP contribution in [0.4, 0.5) is 5.69 Å². The van der Waals surface area contributed by atoms with E-state index in [1.807, 2.05) is 37.3 Å². The normalized spacial score (nSPS) is 14.5. The second kappa shape index (κ2) is 11.1. The summed E-state index contributed by atoms with van der Waals surface area (Å²) in [6.45, 7) is 7.06. The van der Waals surface area contributed by atoms with Crippen LogP contribution >= 0.6 is 0 Å². The van der Waals surface area contributed by atoms with Crippen LogP contribution in [0.25, 0.3) is 0 Å². The molecule has 4 rings (SSSR count). The summed E-state index contributed by atoms with van der Waals surface area (Å²) >= 11 is 0. The molecule has 3 aromatic rings. The monoisotopic (exact) mass is 491 g/mol. The van der Waals surface area contributed by atoms with E-state index in [2.05, 4.69) is 21.0 Å². The number of nitrogens with zero attached hydrogens (tertiary/aromatic N) is 1. The van der Waals surface area contributed by atoms with E-state index >= 15 is 0 Å². The number of piperidine rings is 1. The third-order valence-corrected chi connectivity index (χ3v) is 8.04. The zero-order chi connectivity index (χ0) is 24.8. The molecule has 1 saturated heterocycles. The molecule has 0 aromatic heterocycles. The summed E-state index contributed by atoms with van der Waals surface area (Å²) in [5.41, 5.74) is 4.53. The molecule has 7 heteroatoms. The Hall–Kier alpha value is -3.16. The van der Waals surface area contributed by atoms with Crippen LogP contribution in [0.3, 0.4) is 0 Å². The van der Waals surface area contributed by atoms with E-state index in [4.69, 9.17) is 0 Å². The van der Waals surface area contributed by atoms with Crippen molar-refractivity contribution in [2.24, 2.45) is 0 Å². The highest BCUT2D eigenvalue weighted by atomic mass is 32.2. The Morgan fingerprint density at radius 1 is 0.857 bits per heavy atom. The number of carbonyl (C=O) groups is 1. The third kappa shape index (κ3) is 6.29. The Balaban J connectivity index is 1.47. The minimum Gasteiger partial charge on any atom is -0.348 e. The fourth-order valence-corrected chi connectivity index (χ4v) is 5.84. The average Bonchev–Trinajstić information content (AvgIpc) is 2.85. The average molecular weight is 492 g/mol. The summed E-state index contributed by atoms with van der Waals surface area (Å²) in [7, 11) is -3.85. The SMILES string of the molecule is Cc1ccccc1NS(=O)(=O)c1cc(C(=O)NCc2ccccc2CN2CCCCC2)ccc1C. The number of rotatable bonds is 8. The van der Waals surface area contributed by atoms with E-state index in [1.165, 1.54) is 30.9 Å². The molecule has 0 unspecified atom stereocenters. The second-order valence-corrected chi connectivity index (χ2v) is 10.8. The summed E-state index contributed by atoms with van der Waals surface area (Å²) in [5.74, 6) is -0.301. The standard InChI is InChI=1S/C28H33N3O3S/c1-21-10-4-7-13-26(21)30-35(33,34)27-18-23(15-14-22(27)2)28(32)29-19-24-11-5-6-12-25(24)20-31-16-8-3-9-17-31/h4-7,10-15,18,30H,3,8-9,16-17,19-20H2,1-2H3,(H,29,32). The summed E-state index contributed by atoms with van der Waals surface area (Å²) in [6, 6.07) is 20.2. The lowest BCUT2D eigenvalue weighted by Crippen LogP contribution is -2.30. The summed E-state index contributed by atoms with van der Waals surface area (Å²) in [5, 5.41) is 2.98. The molecule has 1 fully saturated rings. The van der Waals surface area contributed by atoms with E-state index in [0.29, 0.717) is 23.4 Å². The van der Waals surface area contributed by atoms with Crippen molar-refractivity contribution < 1.29 is 13.2 Å². The first-order valence-corrected chi connectivity index (χ1v) is 13.6. The number of sulfonamides is 1. The Morgan fingerprint density at radius 2 is 1.54 bits per heavy atom. The number of para-hydroxylation sites is 1. The van der Waals surface area contributed by atoms with Gasteiger partial charge in [0.15, 0.2) is 0 Å². The number of carbonyl (C=O) groups excluding carboxylic acids is 1. The van der Waals surface area contributed by atoms with Crippen LogP contribution in [-0.2, 0) is 23.1 Å². The first-order valence-electron chi connectivity index (χ1n) is 12.1. The molecule has 0 spiro atoms. The number of hydrogen-bond acceptors (Lipinski definition) is 4. The van der Waals surface area contributed by atoms with Crippen LogP contribution in [0.5, 0.6) is 0 Å². The van der Waals surface area contributed by atoms with E-state index in [1.54, 1.807) is 31.2 Å². The van der Waals surface area contributed by atoms with Crippen molar-refractivity contribution in [1.29, 1.82) is 0 Å². The van der Waals surface area contributed by atoms with Gasteiger partial charge in [0.2, 0.25) is 0 Å². The maximum Gasteiger partial charge on any atom is 0.262 e. The quantitative estimate of drug-likeness (QED) is 0.464. The fraction of sp³-hybridized carbons (Fsp3) is 0.321. The first-order chi connectivity index (χ1) is 16.8. The van der Waals surface area contributed by atoms with Gasteiger partial charge in [-0.2, -0.15) is 0 Å². The van der Waals surface area contributed by atoms with Crippen molar-refractivity contribution in [3.8, 4) is 0 Å². The van der Waals surface area contributed by atoms with Gasteiger partial charge in [-0.3, -0.25) is 14.4 Å². The zero-order valence-corrected chi connectivity index (χ0v) is 21.2. The summed E-state index contributed by atoms with van der Waals surface area (Å²) in [4.78, 5) is 15.5. The maximum atomic E-state index is 13.1. The lowest BCUT2D eigenvalue weighted by molar-refractivity contribution is 0.0950. The smallest absolute Gasteiger partial charge is 0.262 e. The van der Waals surface area contributed by atoms with Gasteiger partial charge in [-0.15, -0.1) is 0 Å². The van der Waals surface area contributed by atoms with Gasteiger partial charge in [0, 0.05) is 18.7 Å². The van der Waals surface area contributed by atoms with Crippen LogP contribution in [0.2, 0.25) is 0 Å².